The number of hydrogen-bond donors (Lipinski definition) is 3. The second kappa shape index (κ2) is 8.44. The van der Waals surface area contributed by atoms with Crippen LogP contribution in [0.3, 0.4) is 0 Å². The molecule has 0 aliphatic carbocycles. The van der Waals surface area contributed by atoms with Crippen LogP contribution in [0.5, 0.6) is 0 Å². The molecule has 0 saturated carbocycles. The zero-order valence-corrected chi connectivity index (χ0v) is 10.5. The highest BCUT2D eigenvalue weighted by atomic mass is 16.4. The van der Waals surface area contributed by atoms with E-state index in [1.807, 2.05) is 30.5 Å². The second-order valence-corrected chi connectivity index (χ2v) is 3.65. The highest BCUT2D eigenvalue weighted by Crippen LogP contribution is 2.00. The standard InChI is InChI=1S/C11H12N2O.C2H2O4/c1-3-10(7-12-5-1)8-13-9-11-4-2-6-14-11;3-1(4)2(5)6/h1-7,13H,8-9H2;(H,3,4)(H,5,6). The van der Waals surface area contributed by atoms with Crippen LogP contribution < -0.4 is 5.32 Å². The number of aliphatic carboxylic acids is 2. The van der Waals surface area contributed by atoms with Crippen molar-refractivity contribution in [3.63, 3.8) is 0 Å². The first-order valence-electron chi connectivity index (χ1n) is 5.68. The average molecular weight is 278 g/mol. The fraction of sp³-hybridized carbons (Fsp3) is 0.154. The van der Waals surface area contributed by atoms with Crippen LogP contribution in [0.25, 0.3) is 0 Å². The topological polar surface area (TPSA) is 113 Å². The van der Waals surface area contributed by atoms with Crippen LogP contribution in [0.1, 0.15) is 11.3 Å². The molecule has 0 aliphatic rings. The lowest BCUT2D eigenvalue weighted by atomic mass is 10.3. The molecule has 2 aromatic heterocycles. The number of hydrogen-bond acceptors (Lipinski definition) is 5. The number of rotatable bonds is 4. The molecule has 0 fully saturated rings. The van der Waals surface area contributed by atoms with Crippen molar-refractivity contribution >= 4 is 11.9 Å². The van der Waals surface area contributed by atoms with Gasteiger partial charge in [-0.05, 0) is 23.8 Å². The molecule has 0 aromatic carbocycles. The van der Waals surface area contributed by atoms with Gasteiger partial charge in [-0.25, -0.2) is 9.59 Å². The van der Waals surface area contributed by atoms with Gasteiger partial charge in [-0.15, -0.1) is 0 Å². The van der Waals surface area contributed by atoms with Gasteiger partial charge in [-0.3, -0.25) is 4.98 Å². The van der Waals surface area contributed by atoms with Gasteiger partial charge in [0.05, 0.1) is 12.8 Å². The fourth-order valence-corrected chi connectivity index (χ4v) is 1.25. The summed E-state index contributed by atoms with van der Waals surface area (Å²) in [6, 6.07) is 7.82. The van der Waals surface area contributed by atoms with Crippen molar-refractivity contribution in [2.24, 2.45) is 0 Å². The molecule has 0 bridgehead atoms. The molecule has 20 heavy (non-hydrogen) atoms. The van der Waals surface area contributed by atoms with Crippen LogP contribution in [-0.4, -0.2) is 27.1 Å². The summed E-state index contributed by atoms with van der Waals surface area (Å²) in [7, 11) is 0. The van der Waals surface area contributed by atoms with Gasteiger partial charge in [0.1, 0.15) is 5.76 Å². The molecule has 0 spiro atoms. The number of nitrogens with zero attached hydrogens (tertiary/aromatic N) is 1. The molecule has 0 aliphatic heterocycles. The van der Waals surface area contributed by atoms with E-state index in [1.54, 1.807) is 12.5 Å². The van der Waals surface area contributed by atoms with Gasteiger partial charge in [0.15, 0.2) is 0 Å². The van der Waals surface area contributed by atoms with Gasteiger partial charge in [-0.2, -0.15) is 0 Å². The highest BCUT2D eigenvalue weighted by molar-refractivity contribution is 6.27. The number of carboxylic acid groups (broad SMARTS) is 2. The lowest BCUT2D eigenvalue weighted by molar-refractivity contribution is -0.159. The van der Waals surface area contributed by atoms with E-state index in [4.69, 9.17) is 24.2 Å². The molecule has 2 aromatic rings. The normalized spacial score (nSPS) is 9.40. The second-order valence-electron chi connectivity index (χ2n) is 3.65. The summed E-state index contributed by atoms with van der Waals surface area (Å²) in [5, 5.41) is 18.1. The fourth-order valence-electron chi connectivity index (χ4n) is 1.25. The average Bonchev–Trinajstić information content (AvgIpc) is 2.94. The lowest BCUT2D eigenvalue weighted by Gasteiger charge is -2.01. The van der Waals surface area contributed by atoms with Crippen LogP contribution in [-0.2, 0) is 22.7 Å². The number of nitrogens with one attached hydrogen (secondary N) is 1. The molecular weight excluding hydrogens is 264 g/mol. The molecule has 3 N–H and O–H groups in total. The quantitative estimate of drug-likeness (QED) is 0.718. The van der Waals surface area contributed by atoms with Crippen LogP contribution >= 0.6 is 0 Å². The molecule has 0 unspecified atom stereocenters. The van der Waals surface area contributed by atoms with E-state index < -0.39 is 11.9 Å². The molecular formula is C13H14N2O5. The number of carbonyl (C=O) groups is 2. The van der Waals surface area contributed by atoms with Crippen molar-refractivity contribution in [1.29, 1.82) is 0 Å². The summed E-state index contributed by atoms with van der Waals surface area (Å²) in [6.45, 7) is 1.57. The highest BCUT2D eigenvalue weighted by Gasteiger charge is 2.04. The Morgan fingerprint density at radius 3 is 2.40 bits per heavy atom. The van der Waals surface area contributed by atoms with Gasteiger partial charge in [0.2, 0.25) is 0 Å². The maximum absolute atomic E-state index is 9.10. The Labute approximate surface area is 114 Å². The number of aromatic nitrogens is 1. The summed E-state index contributed by atoms with van der Waals surface area (Å²) in [4.78, 5) is 22.2. The Morgan fingerprint density at radius 2 is 1.90 bits per heavy atom. The summed E-state index contributed by atoms with van der Waals surface area (Å²) in [5.74, 6) is -2.70. The first-order chi connectivity index (χ1) is 9.59. The smallest absolute Gasteiger partial charge is 0.414 e. The predicted molar refractivity (Wildman–Crippen MR) is 68.8 cm³/mol. The molecule has 106 valence electrons. The molecule has 7 heteroatoms. The van der Waals surface area contributed by atoms with Crippen molar-refractivity contribution in [3.8, 4) is 0 Å². The minimum absolute atomic E-state index is 0.752. The Hall–Kier alpha value is -2.67. The van der Waals surface area contributed by atoms with Gasteiger partial charge >= 0.3 is 11.9 Å². The van der Waals surface area contributed by atoms with Crippen molar-refractivity contribution in [3.05, 3.63) is 54.2 Å². The van der Waals surface area contributed by atoms with Crippen LogP contribution in [0.4, 0.5) is 0 Å². The number of pyridine rings is 1. The zero-order chi connectivity index (χ0) is 14.8. The Kier molecular flexibility index (Phi) is 6.49. The van der Waals surface area contributed by atoms with E-state index in [0.717, 1.165) is 18.8 Å². The SMILES string of the molecule is O=C(O)C(=O)O.c1cncc(CNCc2ccco2)c1. The maximum atomic E-state index is 9.10. The molecule has 2 heterocycles. The largest absolute Gasteiger partial charge is 0.473 e. The van der Waals surface area contributed by atoms with E-state index >= 15 is 0 Å². The summed E-state index contributed by atoms with van der Waals surface area (Å²) < 4.78 is 5.19. The molecule has 7 nitrogen and oxygen atoms in total. The summed E-state index contributed by atoms with van der Waals surface area (Å²) in [6.07, 6.45) is 5.31. The maximum Gasteiger partial charge on any atom is 0.414 e. The summed E-state index contributed by atoms with van der Waals surface area (Å²) in [5.41, 5.74) is 1.18. The van der Waals surface area contributed by atoms with E-state index in [2.05, 4.69) is 10.3 Å². The number of furan rings is 1. The number of carboxylic acids is 2. The Balaban J connectivity index is 0.000000286. The molecule has 0 saturated heterocycles. The van der Waals surface area contributed by atoms with Crippen LogP contribution in [0, 0.1) is 0 Å². The van der Waals surface area contributed by atoms with Gasteiger partial charge in [-0.1, -0.05) is 6.07 Å². The Morgan fingerprint density at radius 1 is 1.15 bits per heavy atom. The van der Waals surface area contributed by atoms with E-state index in [9.17, 15) is 0 Å². The first-order valence-corrected chi connectivity index (χ1v) is 5.68. The van der Waals surface area contributed by atoms with Crippen molar-refractivity contribution in [1.82, 2.24) is 10.3 Å². The van der Waals surface area contributed by atoms with Crippen LogP contribution in [0.15, 0.2) is 47.3 Å². The zero-order valence-electron chi connectivity index (χ0n) is 10.5. The third kappa shape index (κ3) is 6.31. The molecule has 2 rings (SSSR count). The predicted octanol–water partition coefficient (Wildman–Crippen LogP) is 1.12. The minimum Gasteiger partial charge on any atom is -0.473 e. The van der Waals surface area contributed by atoms with E-state index in [1.165, 1.54) is 5.56 Å². The first kappa shape index (κ1) is 15.4. The van der Waals surface area contributed by atoms with Gasteiger partial charge < -0.3 is 19.9 Å². The van der Waals surface area contributed by atoms with Gasteiger partial charge in [0.25, 0.3) is 0 Å². The third-order valence-corrected chi connectivity index (χ3v) is 2.11. The van der Waals surface area contributed by atoms with Crippen molar-refractivity contribution in [2.75, 3.05) is 0 Å². The lowest BCUT2D eigenvalue weighted by Crippen LogP contribution is -2.12. The minimum atomic E-state index is -1.82. The van der Waals surface area contributed by atoms with Crippen LogP contribution in [0.2, 0.25) is 0 Å². The van der Waals surface area contributed by atoms with Gasteiger partial charge in [0, 0.05) is 18.9 Å². The van der Waals surface area contributed by atoms with Crippen molar-refractivity contribution < 1.29 is 24.2 Å². The molecule has 0 amide bonds. The Bertz CT molecular complexity index is 513. The van der Waals surface area contributed by atoms with E-state index in [0.29, 0.717) is 0 Å². The summed E-state index contributed by atoms with van der Waals surface area (Å²) >= 11 is 0. The van der Waals surface area contributed by atoms with Crippen molar-refractivity contribution in [2.45, 2.75) is 13.1 Å². The third-order valence-electron chi connectivity index (χ3n) is 2.11. The molecule has 0 radical (unpaired) electrons. The monoisotopic (exact) mass is 278 g/mol. The molecule has 0 atom stereocenters. The van der Waals surface area contributed by atoms with E-state index in [-0.39, 0.29) is 0 Å².